The highest BCUT2D eigenvalue weighted by molar-refractivity contribution is 7.52. The Morgan fingerprint density at radius 3 is 1.63 bits per heavy atom. The summed E-state index contributed by atoms with van der Waals surface area (Å²) in [4.78, 5) is 47.1. The number of carbonyl (C=O) groups excluding carboxylic acids is 1. The molecule has 0 saturated carbocycles. The third-order valence-corrected chi connectivity index (χ3v) is 3.86. The molecule has 0 aliphatic carbocycles. The largest absolute Gasteiger partial charge is 0.394 e. The van der Waals surface area contributed by atoms with Gasteiger partial charge in [0.25, 0.3) is 0 Å². The van der Waals surface area contributed by atoms with E-state index in [1.807, 2.05) is 0 Å². The minimum atomic E-state index is -4.33. The Morgan fingerprint density at radius 1 is 1.05 bits per heavy atom. The van der Waals surface area contributed by atoms with Gasteiger partial charge in [-0.3, -0.25) is 18.8 Å². The Labute approximate surface area is 109 Å². The first-order valence-electron chi connectivity index (χ1n) is 5.19. The van der Waals surface area contributed by atoms with Crippen molar-refractivity contribution in [3.8, 4) is 0 Å². The molecule has 0 radical (unpaired) electrons. The monoisotopic (exact) mass is 320 g/mol. The van der Waals surface area contributed by atoms with E-state index in [1.165, 1.54) is 0 Å². The third-order valence-electron chi connectivity index (χ3n) is 2.30. The molecule has 10 nitrogen and oxygen atoms in total. The van der Waals surface area contributed by atoms with Gasteiger partial charge in [0.15, 0.2) is 0 Å². The van der Waals surface area contributed by atoms with Crippen LogP contribution in [-0.4, -0.2) is 73.5 Å². The van der Waals surface area contributed by atoms with Crippen molar-refractivity contribution in [1.82, 2.24) is 4.90 Å². The third kappa shape index (κ3) is 9.26. The Balaban J connectivity index is 4.76. The normalized spacial score (nSPS) is 14.6. The van der Waals surface area contributed by atoms with E-state index < -0.39 is 46.1 Å². The van der Waals surface area contributed by atoms with E-state index in [9.17, 15) is 13.9 Å². The van der Waals surface area contributed by atoms with Gasteiger partial charge >= 0.3 is 15.2 Å². The number of primary amides is 1. The van der Waals surface area contributed by atoms with Gasteiger partial charge in [0.1, 0.15) is 6.04 Å². The summed E-state index contributed by atoms with van der Waals surface area (Å²) in [5.41, 5.74) is 5.00. The van der Waals surface area contributed by atoms with Gasteiger partial charge in [-0.15, -0.1) is 0 Å². The lowest BCUT2D eigenvalue weighted by Crippen LogP contribution is -2.49. The molecule has 12 heteroatoms. The minimum Gasteiger partial charge on any atom is -0.394 e. The van der Waals surface area contributed by atoms with Gasteiger partial charge < -0.3 is 30.4 Å². The molecule has 0 spiro atoms. The van der Waals surface area contributed by atoms with Crippen LogP contribution in [0.25, 0.3) is 0 Å². The number of hydrogen-bond donors (Lipinski definition) is 6. The zero-order chi connectivity index (χ0) is 15.3. The van der Waals surface area contributed by atoms with E-state index in [0.717, 1.165) is 4.90 Å². The maximum atomic E-state index is 11.1. The van der Waals surface area contributed by atoms with Crippen LogP contribution < -0.4 is 5.73 Å². The summed E-state index contributed by atoms with van der Waals surface area (Å²) in [5.74, 6) is -0.945. The lowest BCUT2D eigenvalue weighted by Gasteiger charge is -2.28. The Bertz CT molecular complexity index is 365. The Kier molecular flexibility index (Phi) is 7.34. The minimum absolute atomic E-state index is 0.321. The summed E-state index contributed by atoms with van der Waals surface area (Å²) in [7, 11) is -8.67. The Hall–Kier alpha value is -0.310. The molecule has 1 unspecified atom stereocenters. The lowest BCUT2D eigenvalue weighted by atomic mass is 10.2. The topological polar surface area (TPSA) is 182 Å². The number of aliphatic hydroxyl groups is 1. The van der Waals surface area contributed by atoms with Crippen molar-refractivity contribution in [2.24, 2.45) is 5.73 Å². The predicted molar refractivity (Wildman–Crippen MR) is 65.5 cm³/mol. The van der Waals surface area contributed by atoms with Crippen molar-refractivity contribution in [3.63, 3.8) is 0 Å². The van der Waals surface area contributed by atoms with Crippen LogP contribution in [0.3, 0.4) is 0 Å². The average Bonchev–Trinajstić information content (AvgIpc) is 2.18. The van der Waals surface area contributed by atoms with Gasteiger partial charge in [-0.1, -0.05) is 0 Å². The van der Waals surface area contributed by atoms with E-state index in [-0.39, 0.29) is 13.1 Å². The molecule has 0 aliphatic rings. The molecule has 1 atom stereocenters. The highest BCUT2D eigenvalue weighted by Crippen LogP contribution is 2.35. The first-order chi connectivity index (χ1) is 8.46. The van der Waals surface area contributed by atoms with Crippen LogP contribution in [0.15, 0.2) is 0 Å². The Morgan fingerprint density at radius 2 is 1.42 bits per heavy atom. The molecular weight excluding hydrogens is 302 g/mol. The van der Waals surface area contributed by atoms with Crippen LogP contribution in [0, 0.1) is 0 Å². The van der Waals surface area contributed by atoms with E-state index >= 15 is 0 Å². The first-order valence-corrected chi connectivity index (χ1v) is 8.79. The highest BCUT2D eigenvalue weighted by atomic mass is 31.2. The summed E-state index contributed by atoms with van der Waals surface area (Å²) < 4.78 is 21.5. The second-order valence-electron chi connectivity index (χ2n) is 3.91. The van der Waals surface area contributed by atoms with E-state index in [4.69, 9.17) is 30.4 Å². The second-order valence-corrected chi connectivity index (χ2v) is 7.47. The number of nitrogens with zero attached hydrogens (tertiary/aromatic N) is 1. The molecule has 0 saturated heterocycles. The van der Waals surface area contributed by atoms with Crippen LogP contribution in [0.4, 0.5) is 0 Å². The fraction of sp³-hybridized carbons (Fsp3) is 0.857. The van der Waals surface area contributed by atoms with Crippen LogP contribution in [-0.2, 0) is 13.9 Å². The van der Waals surface area contributed by atoms with Crippen molar-refractivity contribution < 1.29 is 38.6 Å². The molecule has 0 aromatic heterocycles. The van der Waals surface area contributed by atoms with Crippen molar-refractivity contribution in [2.45, 2.75) is 6.04 Å². The summed E-state index contributed by atoms with van der Waals surface area (Å²) in [6.45, 7) is -1.35. The van der Waals surface area contributed by atoms with Gasteiger partial charge in [0.05, 0.1) is 18.9 Å². The van der Waals surface area contributed by atoms with Crippen LogP contribution in [0.1, 0.15) is 0 Å². The molecule has 0 rings (SSSR count). The molecule has 7 N–H and O–H groups in total. The van der Waals surface area contributed by atoms with Gasteiger partial charge in [0, 0.05) is 13.1 Å². The van der Waals surface area contributed by atoms with Crippen LogP contribution in [0.5, 0.6) is 0 Å². The van der Waals surface area contributed by atoms with Crippen molar-refractivity contribution in [2.75, 3.05) is 32.0 Å². The zero-order valence-electron chi connectivity index (χ0n) is 9.99. The molecule has 0 bridgehead atoms. The standard InChI is InChI=1S/C7H18N2O8P2/c8-7(11)6(5-10)9(1-3-18(12,13)14)2-4-19(15,16)17/h6,10H,1-5H2,(H2,8,11)(H2,12,13,14)(H2,15,16,17). The SMILES string of the molecule is NC(=O)C(CO)N(CCP(=O)(O)O)CCP(=O)(O)O. The number of carbonyl (C=O) groups is 1. The number of rotatable bonds is 9. The van der Waals surface area contributed by atoms with E-state index in [1.54, 1.807) is 0 Å². The second kappa shape index (κ2) is 7.47. The van der Waals surface area contributed by atoms with Gasteiger partial charge in [0.2, 0.25) is 5.91 Å². The number of hydrogen-bond acceptors (Lipinski definition) is 5. The number of amides is 1. The fourth-order valence-electron chi connectivity index (χ4n) is 1.33. The van der Waals surface area contributed by atoms with Crippen molar-refractivity contribution in [1.29, 1.82) is 0 Å². The summed E-state index contributed by atoms with van der Waals surface area (Å²) in [6.07, 6.45) is -1.23. The number of aliphatic hydroxyl groups excluding tert-OH is 1. The van der Waals surface area contributed by atoms with Crippen LogP contribution >= 0.6 is 15.2 Å². The smallest absolute Gasteiger partial charge is 0.326 e. The van der Waals surface area contributed by atoms with Gasteiger partial charge in [-0.25, -0.2) is 0 Å². The van der Waals surface area contributed by atoms with Crippen molar-refractivity contribution in [3.05, 3.63) is 0 Å². The van der Waals surface area contributed by atoms with E-state index in [2.05, 4.69) is 0 Å². The van der Waals surface area contributed by atoms with E-state index in [0.29, 0.717) is 0 Å². The molecule has 1 amide bonds. The lowest BCUT2D eigenvalue weighted by molar-refractivity contribution is -0.124. The molecular formula is C7H18N2O8P2. The zero-order valence-corrected chi connectivity index (χ0v) is 11.8. The maximum Gasteiger partial charge on any atom is 0.326 e. The molecule has 0 aromatic rings. The summed E-state index contributed by atoms with van der Waals surface area (Å²) >= 11 is 0. The number of nitrogens with two attached hydrogens (primary N) is 1. The molecule has 114 valence electrons. The summed E-state index contributed by atoms with van der Waals surface area (Å²) in [6, 6.07) is -1.25. The fourth-order valence-corrected chi connectivity index (χ4v) is 2.36. The molecule has 0 aromatic carbocycles. The maximum absolute atomic E-state index is 11.1. The first kappa shape index (κ1) is 18.7. The quantitative estimate of drug-likeness (QED) is 0.250. The molecule has 0 fully saturated rings. The average molecular weight is 320 g/mol. The van der Waals surface area contributed by atoms with Gasteiger partial charge in [-0.2, -0.15) is 0 Å². The van der Waals surface area contributed by atoms with Crippen molar-refractivity contribution >= 4 is 21.1 Å². The van der Waals surface area contributed by atoms with Gasteiger partial charge in [-0.05, 0) is 0 Å². The molecule has 19 heavy (non-hydrogen) atoms. The summed E-state index contributed by atoms with van der Waals surface area (Å²) in [5, 5.41) is 9.00. The predicted octanol–water partition coefficient (Wildman–Crippen LogP) is -2.51. The van der Waals surface area contributed by atoms with Crippen LogP contribution in [0.2, 0.25) is 0 Å². The molecule has 0 heterocycles. The highest BCUT2D eigenvalue weighted by Gasteiger charge is 2.27. The molecule has 0 aliphatic heterocycles.